The van der Waals surface area contributed by atoms with Crippen LogP contribution in [0, 0.1) is 5.41 Å². The minimum atomic E-state index is -0.240. The van der Waals surface area contributed by atoms with Gasteiger partial charge < -0.3 is 14.7 Å². The van der Waals surface area contributed by atoms with Crippen LogP contribution in [0.5, 0.6) is 0 Å². The zero-order valence-electron chi connectivity index (χ0n) is 16.9. The van der Waals surface area contributed by atoms with Crippen LogP contribution >= 0.6 is 0 Å². The smallest absolute Gasteiger partial charge is 0.312 e. The van der Waals surface area contributed by atoms with Gasteiger partial charge >= 0.3 is 5.97 Å². The van der Waals surface area contributed by atoms with Gasteiger partial charge in [-0.2, -0.15) is 0 Å². The van der Waals surface area contributed by atoms with Gasteiger partial charge in [-0.3, -0.25) is 9.69 Å². The van der Waals surface area contributed by atoms with Crippen molar-refractivity contribution in [2.24, 2.45) is 5.41 Å². The maximum Gasteiger partial charge on any atom is 0.312 e. The van der Waals surface area contributed by atoms with Crippen LogP contribution in [0.3, 0.4) is 0 Å². The fourth-order valence-corrected chi connectivity index (χ4v) is 5.09. The molecule has 28 heavy (non-hydrogen) atoms. The second kappa shape index (κ2) is 8.93. The summed E-state index contributed by atoms with van der Waals surface area (Å²) in [5, 5.41) is 9.66. The van der Waals surface area contributed by atoms with Crippen LogP contribution in [0.1, 0.15) is 44.1 Å². The van der Waals surface area contributed by atoms with E-state index in [9.17, 15) is 9.90 Å². The molecule has 3 heterocycles. The third kappa shape index (κ3) is 4.76. The van der Waals surface area contributed by atoms with Crippen LogP contribution in [0.15, 0.2) is 30.3 Å². The second-order valence-corrected chi connectivity index (χ2v) is 8.97. The highest BCUT2D eigenvalue weighted by Gasteiger charge is 2.50. The monoisotopic (exact) mass is 386 g/mol. The molecule has 5 heteroatoms. The molecule has 154 valence electrons. The zero-order valence-corrected chi connectivity index (χ0v) is 16.9. The molecule has 3 fully saturated rings. The molecule has 3 aliphatic rings. The Morgan fingerprint density at radius 1 is 1.04 bits per heavy atom. The number of hydrogen-bond donors (Lipinski definition) is 1. The lowest BCUT2D eigenvalue weighted by Crippen LogP contribution is -2.43. The molecule has 1 aromatic carbocycles. The van der Waals surface area contributed by atoms with Gasteiger partial charge in [-0.25, -0.2) is 0 Å². The number of likely N-dealkylation sites (tertiary alicyclic amines) is 2. The van der Waals surface area contributed by atoms with Gasteiger partial charge in [0.05, 0.1) is 11.5 Å². The van der Waals surface area contributed by atoms with E-state index >= 15 is 0 Å². The van der Waals surface area contributed by atoms with E-state index in [0.29, 0.717) is 0 Å². The van der Waals surface area contributed by atoms with Gasteiger partial charge in [0.15, 0.2) is 0 Å². The number of carbonyl (C=O) groups is 1. The standard InChI is InChI=1S/C23H34N2O3/c26-20-8-13-25(14-9-20)18-21-17-23(22(27)28-21)10-15-24(16-11-23)12-4-7-19-5-2-1-3-6-19/h1-3,5-6,20-21,26H,4,7-18H2. The summed E-state index contributed by atoms with van der Waals surface area (Å²) in [6.45, 7) is 5.79. The van der Waals surface area contributed by atoms with Crippen LogP contribution in [-0.4, -0.2) is 72.4 Å². The molecule has 3 aliphatic heterocycles. The van der Waals surface area contributed by atoms with E-state index in [4.69, 9.17) is 4.74 Å². The third-order valence-corrected chi connectivity index (χ3v) is 6.94. The lowest BCUT2D eigenvalue weighted by atomic mass is 9.76. The van der Waals surface area contributed by atoms with E-state index in [1.54, 1.807) is 0 Å². The van der Waals surface area contributed by atoms with E-state index in [1.807, 2.05) is 0 Å². The number of ether oxygens (including phenoxy) is 1. The first-order valence-electron chi connectivity index (χ1n) is 11.0. The fraction of sp³-hybridized carbons (Fsp3) is 0.696. The summed E-state index contributed by atoms with van der Waals surface area (Å²) < 4.78 is 5.80. The molecule has 0 saturated carbocycles. The van der Waals surface area contributed by atoms with Crippen molar-refractivity contribution in [3.8, 4) is 0 Å². The summed E-state index contributed by atoms with van der Waals surface area (Å²) in [4.78, 5) is 17.5. The predicted octanol–water partition coefficient (Wildman–Crippen LogP) is 2.47. The average Bonchev–Trinajstić information content (AvgIpc) is 3.01. The first kappa shape index (κ1) is 19.9. The largest absolute Gasteiger partial charge is 0.461 e. The lowest BCUT2D eigenvalue weighted by molar-refractivity contribution is -0.151. The summed E-state index contributed by atoms with van der Waals surface area (Å²) in [5.41, 5.74) is 1.17. The highest BCUT2D eigenvalue weighted by molar-refractivity contribution is 5.79. The Bertz CT molecular complexity index is 635. The summed E-state index contributed by atoms with van der Waals surface area (Å²) in [6, 6.07) is 10.7. The summed E-state index contributed by atoms with van der Waals surface area (Å²) in [5.74, 6) is 0.0403. The number of aliphatic hydroxyl groups excluding tert-OH is 1. The van der Waals surface area contributed by atoms with Gasteiger partial charge in [0.25, 0.3) is 0 Å². The van der Waals surface area contributed by atoms with Crippen molar-refractivity contribution in [2.45, 2.75) is 57.2 Å². The topological polar surface area (TPSA) is 53.0 Å². The average molecular weight is 387 g/mol. The van der Waals surface area contributed by atoms with Gasteiger partial charge in [-0.15, -0.1) is 0 Å². The lowest BCUT2D eigenvalue weighted by Gasteiger charge is -2.36. The number of piperidine rings is 2. The summed E-state index contributed by atoms with van der Waals surface area (Å²) >= 11 is 0. The highest BCUT2D eigenvalue weighted by Crippen LogP contribution is 2.43. The van der Waals surface area contributed by atoms with Gasteiger partial charge in [0, 0.05) is 26.1 Å². The van der Waals surface area contributed by atoms with Crippen LogP contribution < -0.4 is 0 Å². The molecule has 1 unspecified atom stereocenters. The van der Waals surface area contributed by atoms with Crippen molar-refractivity contribution in [3.05, 3.63) is 35.9 Å². The number of nitrogens with zero attached hydrogens (tertiary/aromatic N) is 2. The number of aliphatic hydroxyl groups is 1. The fourth-order valence-electron chi connectivity index (χ4n) is 5.09. The number of cyclic esters (lactones) is 1. The molecule has 1 aromatic rings. The third-order valence-electron chi connectivity index (χ3n) is 6.94. The normalized spacial score (nSPS) is 26.6. The number of rotatable bonds is 6. The molecular weight excluding hydrogens is 352 g/mol. The molecule has 5 nitrogen and oxygen atoms in total. The van der Waals surface area contributed by atoms with Crippen molar-refractivity contribution < 1.29 is 14.6 Å². The molecular formula is C23H34N2O3. The Balaban J connectivity index is 1.20. The number of esters is 1. The van der Waals surface area contributed by atoms with Crippen molar-refractivity contribution in [2.75, 3.05) is 39.3 Å². The molecule has 0 aliphatic carbocycles. The van der Waals surface area contributed by atoms with Crippen LogP contribution in [0.2, 0.25) is 0 Å². The maximum atomic E-state index is 12.7. The van der Waals surface area contributed by atoms with Crippen LogP contribution in [0.4, 0.5) is 0 Å². The van der Waals surface area contributed by atoms with Crippen molar-refractivity contribution >= 4 is 5.97 Å². The molecule has 1 atom stereocenters. The first-order chi connectivity index (χ1) is 13.6. The van der Waals surface area contributed by atoms with Crippen molar-refractivity contribution in [1.82, 2.24) is 9.80 Å². The minimum absolute atomic E-state index is 0.0346. The molecule has 0 amide bonds. The Hall–Kier alpha value is -1.43. The summed E-state index contributed by atoms with van der Waals surface area (Å²) in [7, 11) is 0. The Morgan fingerprint density at radius 3 is 2.46 bits per heavy atom. The van der Waals surface area contributed by atoms with Crippen LogP contribution in [0.25, 0.3) is 0 Å². The number of hydrogen-bond acceptors (Lipinski definition) is 5. The Kier molecular flexibility index (Phi) is 6.34. The van der Waals surface area contributed by atoms with Crippen LogP contribution in [-0.2, 0) is 16.0 Å². The minimum Gasteiger partial charge on any atom is -0.461 e. The Labute approximate surface area is 168 Å². The second-order valence-electron chi connectivity index (χ2n) is 8.97. The SMILES string of the molecule is O=C1OC(CN2CCC(O)CC2)CC12CCN(CCCc1ccccc1)CC2. The molecule has 4 rings (SSSR count). The number of carbonyl (C=O) groups excluding carboxylic acids is 1. The van der Waals surface area contributed by atoms with Crippen molar-refractivity contribution in [1.29, 1.82) is 0 Å². The van der Waals surface area contributed by atoms with E-state index in [0.717, 1.165) is 77.8 Å². The van der Waals surface area contributed by atoms with E-state index in [-0.39, 0.29) is 23.6 Å². The van der Waals surface area contributed by atoms with E-state index in [2.05, 4.69) is 40.1 Å². The predicted molar refractivity (Wildman–Crippen MR) is 109 cm³/mol. The number of benzene rings is 1. The first-order valence-corrected chi connectivity index (χ1v) is 11.0. The molecule has 1 spiro atoms. The number of aryl methyl sites for hydroxylation is 1. The Morgan fingerprint density at radius 2 is 1.75 bits per heavy atom. The van der Waals surface area contributed by atoms with Gasteiger partial charge in [-0.05, 0) is 63.7 Å². The summed E-state index contributed by atoms with van der Waals surface area (Å²) in [6.07, 6.45) is 6.60. The van der Waals surface area contributed by atoms with Crippen molar-refractivity contribution in [3.63, 3.8) is 0 Å². The van der Waals surface area contributed by atoms with Gasteiger partial charge in [0.2, 0.25) is 0 Å². The molecule has 0 bridgehead atoms. The quantitative estimate of drug-likeness (QED) is 0.762. The molecule has 1 N–H and O–H groups in total. The van der Waals surface area contributed by atoms with Gasteiger partial charge in [0.1, 0.15) is 6.10 Å². The van der Waals surface area contributed by atoms with Gasteiger partial charge in [-0.1, -0.05) is 30.3 Å². The molecule has 0 radical (unpaired) electrons. The highest BCUT2D eigenvalue weighted by atomic mass is 16.6. The zero-order chi connectivity index (χ0) is 19.4. The molecule has 0 aromatic heterocycles. The van der Waals surface area contributed by atoms with E-state index in [1.165, 1.54) is 12.0 Å². The maximum absolute atomic E-state index is 12.7. The van der Waals surface area contributed by atoms with E-state index < -0.39 is 0 Å². The molecule has 3 saturated heterocycles.